The molecule has 1 N–H and O–H groups in total. The summed E-state index contributed by atoms with van der Waals surface area (Å²) in [7, 11) is -2.27. The van der Waals surface area contributed by atoms with Crippen LogP contribution in [-0.2, 0) is 23.1 Å². The van der Waals surface area contributed by atoms with Crippen molar-refractivity contribution in [2.45, 2.75) is 51.6 Å². The van der Waals surface area contributed by atoms with E-state index in [2.05, 4.69) is 24.8 Å². The Hall–Kier alpha value is -2.27. The van der Waals surface area contributed by atoms with E-state index in [1.54, 1.807) is 18.5 Å². The van der Waals surface area contributed by atoms with Gasteiger partial charge in [-0.2, -0.15) is 20.1 Å². The molecular weight excluding hydrogens is 370 g/mol. The highest BCUT2D eigenvalue weighted by Gasteiger charge is 2.25. The lowest BCUT2D eigenvalue weighted by molar-refractivity contribution is 0.375. The van der Waals surface area contributed by atoms with Crippen molar-refractivity contribution in [3.05, 3.63) is 17.2 Å². The molecule has 1 saturated heterocycles. The smallest absolute Gasteiger partial charge is 0.321 e. The third-order valence-corrected chi connectivity index (χ3v) is 6.18. The monoisotopic (exact) mass is 395 g/mol. The molecule has 1 fully saturated rings. The molecule has 3 heterocycles. The molecule has 3 rings (SSSR count). The van der Waals surface area contributed by atoms with Crippen molar-refractivity contribution in [1.29, 1.82) is 0 Å². The summed E-state index contributed by atoms with van der Waals surface area (Å²) in [5, 5.41) is 4.27. The van der Waals surface area contributed by atoms with Crippen LogP contribution in [-0.4, -0.2) is 53.3 Å². The molecule has 0 atom stereocenters. The van der Waals surface area contributed by atoms with Crippen molar-refractivity contribution < 1.29 is 13.2 Å². The molecule has 0 radical (unpaired) electrons. The van der Waals surface area contributed by atoms with Crippen molar-refractivity contribution in [2.24, 2.45) is 0 Å². The normalized spacial score (nSPS) is 14.7. The fourth-order valence-electron chi connectivity index (χ4n) is 3.22. The van der Waals surface area contributed by atoms with Crippen LogP contribution in [0.25, 0.3) is 0 Å². The Morgan fingerprint density at radius 2 is 1.85 bits per heavy atom. The molecule has 0 bridgehead atoms. The van der Waals surface area contributed by atoms with E-state index < -0.39 is 10.0 Å². The maximum atomic E-state index is 12.8. The van der Waals surface area contributed by atoms with Crippen LogP contribution in [0, 0.1) is 13.8 Å². The fraction of sp³-hybridized carbons (Fsp3) is 0.625. The SMILES string of the molecule is CCn1nc(C)c(S(=O)(=O)NCc2nc(OC)nc(N3CCCC3)n2)c1C. The Morgan fingerprint density at radius 3 is 2.44 bits per heavy atom. The Morgan fingerprint density at radius 1 is 1.15 bits per heavy atom. The predicted molar refractivity (Wildman–Crippen MR) is 99.2 cm³/mol. The van der Waals surface area contributed by atoms with Gasteiger partial charge >= 0.3 is 6.01 Å². The second-order valence-corrected chi connectivity index (χ2v) is 8.08. The first-order valence-corrected chi connectivity index (χ1v) is 10.4. The zero-order valence-electron chi connectivity index (χ0n) is 16.1. The first-order chi connectivity index (χ1) is 12.9. The van der Waals surface area contributed by atoms with Gasteiger partial charge in [0.05, 0.1) is 25.0 Å². The molecule has 0 saturated carbocycles. The van der Waals surface area contributed by atoms with Crippen molar-refractivity contribution in [2.75, 3.05) is 25.1 Å². The molecule has 27 heavy (non-hydrogen) atoms. The molecule has 1 aliphatic rings. The molecule has 0 aromatic carbocycles. The maximum absolute atomic E-state index is 12.8. The minimum atomic E-state index is -3.75. The van der Waals surface area contributed by atoms with Crippen LogP contribution in [0.4, 0.5) is 5.95 Å². The summed E-state index contributed by atoms with van der Waals surface area (Å²) in [6, 6.07) is 0.173. The van der Waals surface area contributed by atoms with E-state index in [1.165, 1.54) is 7.11 Å². The number of aromatic nitrogens is 5. The minimum absolute atomic E-state index is 0.0573. The Balaban J connectivity index is 1.83. The maximum Gasteiger partial charge on any atom is 0.321 e. The van der Waals surface area contributed by atoms with E-state index in [0.29, 0.717) is 29.7 Å². The summed E-state index contributed by atoms with van der Waals surface area (Å²) in [5.74, 6) is 0.824. The minimum Gasteiger partial charge on any atom is -0.467 e. The highest BCUT2D eigenvalue weighted by atomic mass is 32.2. The van der Waals surface area contributed by atoms with Crippen LogP contribution in [0.1, 0.15) is 37.0 Å². The van der Waals surface area contributed by atoms with Crippen molar-refractivity contribution in [1.82, 2.24) is 29.5 Å². The van der Waals surface area contributed by atoms with Crippen LogP contribution in [0.5, 0.6) is 6.01 Å². The lowest BCUT2D eigenvalue weighted by atomic mass is 10.4. The van der Waals surface area contributed by atoms with E-state index >= 15 is 0 Å². The van der Waals surface area contributed by atoms with E-state index in [-0.39, 0.29) is 17.5 Å². The summed E-state index contributed by atoms with van der Waals surface area (Å²) in [5.41, 5.74) is 1.07. The van der Waals surface area contributed by atoms with Crippen LogP contribution in [0.15, 0.2) is 4.90 Å². The summed E-state index contributed by atoms with van der Waals surface area (Å²) in [6.07, 6.45) is 2.16. The third-order valence-electron chi connectivity index (χ3n) is 4.52. The first kappa shape index (κ1) is 19.5. The second-order valence-electron chi connectivity index (χ2n) is 6.37. The van der Waals surface area contributed by atoms with Gasteiger partial charge in [0.25, 0.3) is 0 Å². The fourth-order valence-corrected chi connectivity index (χ4v) is 4.61. The Kier molecular flexibility index (Phi) is 5.61. The van der Waals surface area contributed by atoms with Crippen molar-refractivity contribution in [3.63, 3.8) is 0 Å². The first-order valence-electron chi connectivity index (χ1n) is 8.93. The van der Waals surface area contributed by atoms with Gasteiger partial charge in [-0.1, -0.05) is 0 Å². The van der Waals surface area contributed by atoms with E-state index in [1.807, 2.05) is 11.8 Å². The molecule has 2 aromatic heterocycles. The summed E-state index contributed by atoms with van der Waals surface area (Å²) < 4.78 is 35.0. The van der Waals surface area contributed by atoms with Gasteiger partial charge in [-0.25, -0.2) is 13.1 Å². The number of nitrogens with one attached hydrogen (secondary N) is 1. The van der Waals surface area contributed by atoms with Gasteiger partial charge in [-0.3, -0.25) is 4.68 Å². The lowest BCUT2D eigenvalue weighted by Gasteiger charge is -2.16. The largest absolute Gasteiger partial charge is 0.467 e. The predicted octanol–water partition coefficient (Wildman–Crippen LogP) is 0.792. The van der Waals surface area contributed by atoms with E-state index in [0.717, 1.165) is 25.9 Å². The lowest BCUT2D eigenvalue weighted by Crippen LogP contribution is -2.27. The van der Waals surface area contributed by atoms with E-state index in [4.69, 9.17) is 4.74 Å². The quantitative estimate of drug-likeness (QED) is 0.732. The number of methoxy groups -OCH3 is 1. The molecule has 0 aliphatic carbocycles. The molecule has 0 spiro atoms. The van der Waals surface area contributed by atoms with Gasteiger partial charge in [-0.05, 0) is 33.6 Å². The van der Waals surface area contributed by atoms with Crippen LogP contribution in [0.3, 0.4) is 0 Å². The van der Waals surface area contributed by atoms with Gasteiger partial charge in [-0.15, -0.1) is 0 Å². The van der Waals surface area contributed by atoms with Crippen LogP contribution >= 0.6 is 0 Å². The van der Waals surface area contributed by atoms with Gasteiger partial charge in [0.2, 0.25) is 16.0 Å². The average Bonchev–Trinajstić information content (AvgIpc) is 3.28. The molecular formula is C16H25N7O3S. The van der Waals surface area contributed by atoms with Gasteiger partial charge < -0.3 is 9.64 Å². The summed E-state index contributed by atoms with van der Waals surface area (Å²) in [4.78, 5) is 15.1. The van der Waals surface area contributed by atoms with Crippen molar-refractivity contribution in [3.8, 4) is 6.01 Å². The molecule has 11 heteroatoms. The zero-order valence-corrected chi connectivity index (χ0v) is 16.9. The number of anilines is 1. The molecule has 148 valence electrons. The number of rotatable bonds is 7. The van der Waals surface area contributed by atoms with Crippen LogP contribution in [0.2, 0.25) is 0 Å². The Bertz CT molecular complexity index is 920. The average molecular weight is 395 g/mol. The van der Waals surface area contributed by atoms with Gasteiger partial charge in [0.1, 0.15) is 4.90 Å². The molecule has 0 unspecified atom stereocenters. The number of sulfonamides is 1. The number of aryl methyl sites for hydroxylation is 2. The summed E-state index contributed by atoms with van der Waals surface area (Å²) in [6.45, 7) is 7.63. The summed E-state index contributed by atoms with van der Waals surface area (Å²) >= 11 is 0. The van der Waals surface area contributed by atoms with Gasteiger partial charge in [0, 0.05) is 19.6 Å². The number of hydrogen-bond donors (Lipinski definition) is 1. The highest BCUT2D eigenvalue weighted by molar-refractivity contribution is 7.89. The molecule has 2 aromatic rings. The number of ether oxygens (including phenoxy) is 1. The van der Waals surface area contributed by atoms with Gasteiger partial charge in [0.15, 0.2) is 5.82 Å². The third kappa shape index (κ3) is 4.03. The Labute approximate surface area is 159 Å². The second kappa shape index (κ2) is 7.77. The van der Waals surface area contributed by atoms with Crippen LogP contribution < -0.4 is 14.4 Å². The number of hydrogen-bond acceptors (Lipinski definition) is 8. The van der Waals surface area contributed by atoms with E-state index in [9.17, 15) is 8.42 Å². The molecule has 1 aliphatic heterocycles. The molecule has 10 nitrogen and oxygen atoms in total. The van der Waals surface area contributed by atoms with Crippen molar-refractivity contribution >= 4 is 16.0 Å². The molecule has 0 amide bonds. The topological polar surface area (TPSA) is 115 Å². The highest BCUT2D eigenvalue weighted by Crippen LogP contribution is 2.20. The standard InChI is InChI=1S/C16H25N7O3S/c1-5-23-12(3)14(11(2)21-23)27(24,25)17-10-13-18-15(20-16(19-13)26-4)22-8-6-7-9-22/h17H,5-10H2,1-4H3. The zero-order chi connectivity index (χ0) is 19.6. The number of nitrogens with zero attached hydrogens (tertiary/aromatic N) is 6.